The molecule has 5 heteroatoms. The van der Waals surface area contributed by atoms with Crippen molar-refractivity contribution in [3.8, 4) is 0 Å². The summed E-state index contributed by atoms with van der Waals surface area (Å²) in [4.78, 5) is 19.2. The van der Waals surface area contributed by atoms with Crippen molar-refractivity contribution in [2.75, 3.05) is 11.9 Å². The third-order valence-corrected chi connectivity index (χ3v) is 1.85. The first-order valence-corrected chi connectivity index (χ1v) is 4.52. The Kier molecular flexibility index (Phi) is 4.00. The van der Waals surface area contributed by atoms with Crippen LogP contribution in [0.15, 0.2) is 18.5 Å². The third-order valence-electron chi connectivity index (χ3n) is 1.85. The number of nitrogens with one attached hydrogen (secondary N) is 1. The van der Waals surface area contributed by atoms with Crippen molar-refractivity contribution >= 4 is 11.9 Å². The molecule has 0 spiro atoms. The maximum atomic E-state index is 11.5. The van der Waals surface area contributed by atoms with Gasteiger partial charge >= 0.3 is 0 Å². The van der Waals surface area contributed by atoms with E-state index in [0.29, 0.717) is 18.9 Å². The first-order chi connectivity index (χ1) is 6.74. The van der Waals surface area contributed by atoms with Crippen LogP contribution in [0, 0.1) is 5.92 Å². The molecular weight excluding hydrogens is 180 g/mol. The Morgan fingerprint density at radius 1 is 1.57 bits per heavy atom. The van der Waals surface area contributed by atoms with Gasteiger partial charge in [0.2, 0.25) is 11.9 Å². The molecule has 5 nitrogen and oxygen atoms in total. The predicted molar refractivity (Wildman–Crippen MR) is 53.5 cm³/mol. The molecule has 0 saturated heterocycles. The second kappa shape index (κ2) is 5.29. The van der Waals surface area contributed by atoms with Crippen LogP contribution in [0.2, 0.25) is 0 Å². The van der Waals surface area contributed by atoms with Gasteiger partial charge in [-0.1, -0.05) is 6.92 Å². The molecule has 0 aromatic carbocycles. The standard InChI is InChI=1S/C9H14N4O/c1-7(3-4-10)8(14)13-9-11-5-2-6-12-9/h2,5-7H,3-4,10H2,1H3,(H,11,12,13,14). The smallest absolute Gasteiger partial charge is 0.229 e. The van der Waals surface area contributed by atoms with E-state index in [0.717, 1.165) is 0 Å². The Labute approximate surface area is 82.7 Å². The highest BCUT2D eigenvalue weighted by Crippen LogP contribution is 2.03. The number of nitrogens with two attached hydrogens (primary N) is 1. The molecule has 1 atom stereocenters. The second-order valence-corrected chi connectivity index (χ2v) is 3.04. The molecule has 1 amide bonds. The van der Waals surface area contributed by atoms with Crippen LogP contribution in [-0.4, -0.2) is 22.4 Å². The highest BCUT2D eigenvalue weighted by molar-refractivity contribution is 5.90. The Balaban J connectivity index is 2.49. The van der Waals surface area contributed by atoms with Gasteiger partial charge in [-0.15, -0.1) is 0 Å². The molecule has 1 unspecified atom stereocenters. The van der Waals surface area contributed by atoms with Crippen molar-refractivity contribution in [1.82, 2.24) is 9.97 Å². The van der Waals surface area contributed by atoms with E-state index in [4.69, 9.17) is 5.73 Å². The number of aromatic nitrogens is 2. The van der Waals surface area contributed by atoms with E-state index < -0.39 is 0 Å². The fourth-order valence-corrected chi connectivity index (χ4v) is 0.978. The van der Waals surface area contributed by atoms with E-state index in [9.17, 15) is 4.79 Å². The molecule has 1 rings (SSSR count). The Bertz CT molecular complexity index is 288. The molecule has 0 fully saturated rings. The molecule has 0 aliphatic heterocycles. The lowest BCUT2D eigenvalue weighted by atomic mass is 10.1. The fourth-order valence-electron chi connectivity index (χ4n) is 0.978. The van der Waals surface area contributed by atoms with Gasteiger partial charge in [0.1, 0.15) is 0 Å². The Hall–Kier alpha value is -1.49. The monoisotopic (exact) mass is 194 g/mol. The topological polar surface area (TPSA) is 80.9 Å². The molecule has 0 bridgehead atoms. The number of rotatable bonds is 4. The maximum Gasteiger partial charge on any atom is 0.229 e. The predicted octanol–water partition coefficient (Wildman–Crippen LogP) is 0.400. The van der Waals surface area contributed by atoms with E-state index >= 15 is 0 Å². The Morgan fingerprint density at radius 3 is 2.79 bits per heavy atom. The minimum absolute atomic E-state index is 0.0957. The number of hydrogen-bond acceptors (Lipinski definition) is 4. The number of nitrogens with zero attached hydrogens (tertiary/aromatic N) is 2. The van der Waals surface area contributed by atoms with Crippen LogP contribution >= 0.6 is 0 Å². The second-order valence-electron chi connectivity index (χ2n) is 3.04. The van der Waals surface area contributed by atoms with Gasteiger partial charge in [-0.2, -0.15) is 0 Å². The summed E-state index contributed by atoms with van der Waals surface area (Å²) in [5.74, 6) is 0.131. The van der Waals surface area contributed by atoms with Crippen molar-refractivity contribution in [3.05, 3.63) is 18.5 Å². The summed E-state index contributed by atoms with van der Waals surface area (Å²) in [7, 11) is 0. The molecule has 3 N–H and O–H groups in total. The molecule has 0 radical (unpaired) electrons. The zero-order valence-electron chi connectivity index (χ0n) is 8.10. The average molecular weight is 194 g/mol. The first kappa shape index (κ1) is 10.6. The molecular formula is C9H14N4O. The molecule has 1 heterocycles. The number of amides is 1. The largest absolute Gasteiger partial charge is 0.330 e. The summed E-state index contributed by atoms with van der Waals surface area (Å²) in [6.45, 7) is 2.33. The maximum absolute atomic E-state index is 11.5. The van der Waals surface area contributed by atoms with E-state index in [2.05, 4.69) is 15.3 Å². The summed E-state index contributed by atoms with van der Waals surface area (Å²) in [5.41, 5.74) is 5.35. The Morgan fingerprint density at radius 2 is 2.21 bits per heavy atom. The fraction of sp³-hybridized carbons (Fsp3) is 0.444. The normalized spacial score (nSPS) is 12.1. The highest BCUT2D eigenvalue weighted by Gasteiger charge is 2.12. The summed E-state index contributed by atoms with van der Waals surface area (Å²) in [6.07, 6.45) is 3.82. The lowest BCUT2D eigenvalue weighted by molar-refractivity contribution is -0.119. The van der Waals surface area contributed by atoms with Crippen molar-refractivity contribution < 1.29 is 4.79 Å². The van der Waals surface area contributed by atoms with Gasteiger partial charge in [0.05, 0.1) is 0 Å². The van der Waals surface area contributed by atoms with Crippen LogP contribution in [0.5, 0.6) is 0 Å². The summed E-state index contributed by atoms with van der Waals surface area (Å²) in [5, 5.41) is 2.61. The zero-order valence-corrected chi connectivity index (χ0v) is 8.10. The quantitative estimate of drug-likeness (QED) is 0.727. The van der Waals surface area contributed by atoms with Gasteiger partial charge in [-0.3, -0.25) is 10.1 Å². The summed E-state index contributed by atoms with van der Waals surface area (Å²) in [6, 6.07) is 1.69. The molecule has 1 aromatic heterocycles. The molecule has 0 saturated carbocycles. The van der Waals surface area contributed by atoms with E-state index in [1.807, 2.05) is 6.92 Å². The van der Waals surface area contributed by atoms with Crippen LogP contribution in [0.3, 0.4) is 0 Å². The van der Waals surface area contributed by atoms with Gasteiger partial charge in [0, 0.05) is 18.3 Å². The number of carbonyl (C=O) groups excluding carboxylic acids is 1. The SMILES string of the molecule is CC(CCN)C(=O)Nc1ncccn1. The van der Waals surface area contributed by atoms with Crippen LogP contribution < -0.4 is 11.1 Å². The van der Waals surface area contributed by atoms with Crippen molar-refractivity contribution in [1.29, 1.82) is 0 Å². The van der Waals surface area contributed by atoms with Crippen LogP contribution in [-0.2, 0) is 4.79 Å². The third kappa shape index (κ3) is 3.10. The zero-order chi connectivity index (χ0) is 10.4. The molecule has 0 aliphatic carbocycles. The van der Waals surface area contributed by atoms with E-state index in [1.165, 1.54) is 0 Å². The van der Waals surface area contributed by atoms with Crippen LogP contribution in [0.4, 0.5) is 5.95 Å². The average Bonchev–Trinajstić information content (AvgIpc) is 2.19. The minimum Gasteiger partial charge on any atom is -0.330 e. The molecule has 76 valence electrons. The lowest BCUT2D eigenvalue weighted by Crippen LogP contribution is -2.23. The van der Waals surface area contributed by atoms with Gasteiger partial charge in [-0.25, -0.2) is 9.97 Å². The van der Waals surface area contributed by atoms with E-state index in [-0.39, 0.29) is 11.8 Å². The van der Waals surface area contributed by atoms with Gasteiger partial charge in [0.15, 0.2) is 0 Å². The van der Waals surface area contributed by atoms with Crippen LogP contribution in [0.1, 0.15) is 13.3 Å². The van der Waals surface area contributed by atoms with Crippen molar-refractivity contribution in [2.24, 2.45) is 11.7 Å². The van der Waals surface area contributed by atoms with Crippen molar-refractivity contribution in [3.63, 3.8) is 0 Å². The van der Waals surface area contributed by atoms with Gasteiger partial charge < -0.3 is 5.73 Å². The minimum atomic E-state index is -0.108. The molecule has 1 aromatic rings. The highest BCUT2D eigenvalue weighted by atomic mass is 16.2. The van der Waals surface area contributed by atoms with Gasteiger partial charge in [0.25, 0.3) is 0 Å². The van der Waals surface area contributed by atoms with E-state index in [1.54, 1.807) is 18.5 Å². The molecule has 14 heavy (non-hydrogen) atoms. The van der Waals surface area contributed by atoms with Crippen molar-refractivity contribution in [2.45, 2.75) is 13.3 Å². The van der Waals surface area contributed by atoms with Gasteiger partial charge in [-0.05, 0) is 19.0 Å². The molecule has 0 aliphatic rings. The van der Waals surface area contributed by atoms with Crippen LogP contribution in [0.25, 0.3) is 0 Å². The first-order valence-electron chi connectivity index (χ1n) is 4.52. The number of hydrogen-bond donors (Lipinski definition) is 2. The number of carbonyl (C=O) groups is 1. The summed E-state index contributed by atoms with van der Waals surface area (Å²) >= 11 is 0. The lowest BCUT2D eigenvalue weighted by Gasteiger charge is -2.08. The number of anilines is 1. The summed E-state index contributed by atoms with van der Waals surface area (Å²) < 4.78 is 0.